The van der Waals surface area contributed by atoms with E-state index in [0.717, 1.165) is 16.2 Å². The molecule has 8 heteroatoms. The Morgan fingerprint density at radius 3 is 2.63 bits per heavy atom. The number of nitrogen functional groups attached to an aromatic ring is 1. The zero-order chi connectivity index (χ0) is 14.2. The predicted molar refractivity (Wildman–Crippen MR) is 70.5 cm³/mol. The maximum atomic E-state index is 12.5. The van der Waals surface area contributed by atoms with E-state index in [0.29, 0.717) is 10.2 Å². The van der Waals surface area contributed by atoms with Crippen molar-refractivity contribution in [3.05, 3.63) is 10.9 Å². The van der Waals surface area contributed by atoms with Gasteiger partial charge in [0.05, 0.1) is 5.39 Å². The van der Waals surface area contributed by atoms with E-state index in [9.17, 15) is 13.2 Å². The summed E-state index contributed by atoms with van der Waals surface area (Å²) in [7, 11) is 1.35. The van der Waals surface area contributed by atoms with Crippen LogP contribution in [-0.2, 0) is 6.42 Å². The Hall–Kier alpha value is -1.57. The van der Waals surface area contributed by atoms with Gasteiger partial charge in [-0.05, 0) is 12.5 Å². The molecule has 0 saturated heterocycles. The number of aryl methyl sites for hydroxylation is 1. The van der Waals surface area contributed by atoms with Crippen LogP contribution in [-0.4, -0.2) is 29.7 Å². The first-order chi connectivity index (χ1) is 8.80. The highest BCUT2D eigenvalue weighted by Crippen LogP contribution is 2.32. The number of anilines is 2. The zero-order valence-electron chi connectivity index (χ0n) is 10.5. The standard InChI is InChI=1S/C11H13F3N4S/c1-3-6-4-7-8(18(2)5-11(12,13)14)16-10(15)17-9(7)19-6/h4H,3,5H2,1-2H3,(H2,15,16,17). The summed E-state index contributed by atoms with van der Waals surface area (Å²) in [6.45, 7) is 0.899. The van der Waals surface area contributed by atoms with Gasteiger partial charge < -0.3 is 10.6 Å². The Morgan fingerprint density at radius 2 is 2.05 bits per heavy atom. The molecule has 0 bridgehead atoms. The van der Waals surface area contributed by atoms with Crippen molar-refractivity contribution in [2.24, 2.45) is 0 Å². The van der Waals surface area contributed by atoms with Crippen LogP contribution in [0.5, 0.6) is 0 Å². The van der Waals surface area contributed by atoms with Gasteiger partial charge in [-0.1, -0.05) is 6.92 Å². The van der Waals surface area contributed by atoms with Crippen molar-refractivity contribution in [1.29, 1.82) is 0 Å². The second-order valence-corrected chi connectivity index (χ2v) is 5.28. The monoisotopic (exact) mass is 290 g/mol. The Kier molecular flexibility index (Phi) is 3.53. The van der Waals surface area contributed by atoms with E-state index >= 15 is 0 Å². The van der Waals surface area contributed by atoms with Gasteiger partial charge in [0.25, 0.3) is 0 Å². The van der Waals surface area contributed by atoms with Gasteiger partial charge in [-0.25, -0.2) is 4.98 Å². The first-order valence-electron chi connectivity index (χ1n) is 5.64. The van der Waals surface area contributed by atoms with Crippen molar-refractivity contribution >= 4 is 33.3 Å². The average molecular weight is 290 g/mol. The van der Waals surface area contributed by atoms with E-state index in [1.165, 1.54) is 18.4 Å². The first kappa shape index (κ1) is 13.9. The Bertz CT molecular complexity index is 593. The summed E-state index contributed by atoms with van der Waals surface area (Å²) >= 11 is 1.42. The van der Waals surface area contributed by atoms with Crippen LogP contribution in [0.25, 0.3) is 10.2 Å². The summed E-state index contributed by atoms with van der Waals surface area (Å²) < 4.78 is 37.4. The smallest absolute Gasteiger partial charge is 0.368 e. The predicted octanol–water partition coefficient (Wildman–Crippen LogP) is 2.83. The molecule has 0 spiro atoms. The third kappa shape index (κ3) is 3.06. The van der Waals surface area contributed by atoms with Crippen molar-refractivity contribution in [2.45, 2.75) is 19.5 Å². The van der Waals surface area contributed by atoms with Gasteiger partial charge >= 0.3 is 6.18 Å². The van der Waals surface area contributed by atoms with Gasteiger partial charge in [0, 0.05) is 11.9 Å². The molecule has 2 aromatic heterocycles. The topological polar surface area (TPSA) is 55.0 Å². The number of aromatic nitrogens is 2. The molecule has 2 heterocycles. The van der Waals surface area contributed by atoms with Crippen LogP contribution in [0, 0.1) is 0 Å². The van der Waals surface area contributed by atoms with Crippen LogP contribution >= 0.6 is 11.3 Å². The molecule has 2 rings (SSSR count). The van der Waals surface area contributed by atoms with Crippen molar-refractivity contribution in [3.63, 3.8) is 0 Å². The minimum absolute atomic E-state index is 0.0129. The van der Waals surface area contributed by atoms with Crippen LogP contribution in [0.1, 0.15) is 11.8 Å². The summed E-state index contributed by atoms with van der Waals surface area (Å²) in [5.41, 5.74) is 5.55. The summed E-state index contributed by atoms with van der Waals surface area (Å²) in [4.78, 5) is 10.7. The van der Waals surface area contributed by atoms with Crippen LogP contribution in [0.4, 0.5) is 24.9 Å². The Balaban J connectivity index is 2.49. The molecular formula is C11H13F3N4S. The van der Waals surface area contributed by atoms with Gasteiger partial charge in [0.15, 0.2) is 0 Å². The molecule has 0 aliphatic rings. The second kappa shape index (κ2) is 4.84. The van der Waals surface area contributed by atoms with Gasteiger partial charge in [0.2, 0.25) is 5.95 Å². The lowest BCUT2D eigenvalue weighted by Crippen LogP contribution is -2.31. The second-order valence-electron chi connectivity index (χ2n) is 4.16. The number of thiophene rings is 1. The van der Waals surface area contributed by atoms with Crippen molar-refractivity contribution < 1.29 is 13.2 Å². The third-order valence-corrected chi connectivity index (χ3v) is 3.74. The largest absolute Gasteiger partial charge is 0.405 e. The third-order valence-electron chi connectivity index (χ3n) is 2.57. The molecule has 0 aromatic carbocycles. The average Bonchev–Trinajstić information content (AvgIpc) is 2.68. The number of rotatable bonds is 3. The molecule has 19 heavy (non-hydrogen) atoms. The van der Waals surface area contributed by atoms with E-state index in [1.807, 2.05) is 13.0 Å². The summed E-state index contributed by atoms with van der Waals surface area (Å²) in [5, 5.41) is 0.614. The molecule has 0 saturated carbocycles. The van der Waals surface area contributed by atoms with Gasteiger partial charge in [-0.15, -0.1) is 11.3 Å². The van der Waals surface area contributed by atoms with Crippen LogP contribution in [0.2, 0.25) is 0 Å². The number of hydrogen-bond donors (Lipinski definition) is 1. The van der Waals surface area contributed by atoms with E-state index < -0.39 is 12.7 Å². The quantitative estimate of drug-likeness (QED) is 0.944. The molecule has 0 amide bonds. The van der Waals surface area contributed by atoms with Crippen LogP contribution < -0.4 is 10.6 Å². The fraction of sp³-hybridized carbons (Fsp3) is 0.455. The molecule has 2 N–H and O–H groups in total. The molecule has 0 aliphatic carbocycles. The molecule has 0 atom stereocenters. The van der Waals surface area contributed by atoms with Crippen molar-refractivity contribution in [3.8, 4) is 0 Å². The minimum atomic E-state index is -4.29. The SMILES string of the molecule is CCc1cc2c(N(C)CC(F)(F)F)nc(N)nc2s1. The minimum Gasteiger partial charge on any atom is -0.368 e. The normalized spacial score (nSPS) is 12.1. The molecule has 104 valence electrons. The highest BCUT2D eigenvalue weighted by molar-refractivity contribution is 7.18. The van der Waals surface area contributed by atoms with E-state index in [-0.39, 0.29) is 11.8 Å². The number of halogens is 3. The van der Waals surface area contributed by atoms with Crippen molar-refractivity contribution in [1.82, 2.24) is 9.97 Å². The lowest BCUT2D eigenvalue weighted by molar-refractivity contribution is -0.119. The van der Waals surface area contributed by atoms with Crippen molar-refractivity contribution in [2.75, 3.05) is 24.2 Å². The molecule has 4 nitrogen and oxygen atoms in total. The number of alkyl halides is 3. The molecule has 0 fully saturated rings. The summed E-state index contributed by atoms with van der Waals surface area (Å²) in [6, 6.07) is 1.82. The molecule has 0 aliphatic heterocycles. The highest BCUT2D eigenvalue weighted by atomic mass is 32.1. The fourth-order valence-electron chi connectivity index (χ4n) is 1.78. The number of hydrogen-bond acceptors (Lipinski definition) is 5. The summed E-state index contributed by atoms with van der Waals surface area (Å²) in [5.74, 6) is 0.205. The Morgan fingerprint density at radius 1 is 1.37 bits per heavy atom. The van der Waals surface area contributed by atoms with E-state index in [2.05, 4.69) is 9.97 Å². The van der Waals surface area contributed by atoms with Gasteiger partial charge in [-0.3, -0.25) is 0 Å². The van der Waals surface area contributed by atoms with Crippen LogP contribution in [0.3, 0.4) is 0 Å². The fourth-order valence-corrected chi connectivity index (χ4v) is 2.75. The molecular weight excluding hydrogens is 277 g/mol. The molecule has 2 aromatic rings. The van der Waals surface area contributed by atoms with Gasteiger partial charge in [0.1, 0.15) is 17.2 Å². The molecule has 0 unspecified atom stereocenters. The number of nitrogens with two attached hydrogens (primary N) is 1. The first-order valence-corrected chi connectivity index (χ1v) is 6.45. The summed E-state index contributed by atoms with van der Waals surface area (Å²) in [6.07, 6.45) is -3.49. The maximum absolute atomic E-state index is 12.5. The maximum Gasteiger partial charge on any atom is 0.405 e. The molecule has 0 radical (unpaired) electrons. The lowest BCUT2D eigenvalue weighted by Gasteiger charge is -2.20. The number of fused-ring (bicyclic) bond motifs is 1. The van der Waals surface area contributed by atoms with E-state index in [1.54, 1.807) is 0 Å². The van der Waals surface area contributed by atoms with Gasteiger partial charge in [-0.2, -0.15) is 18.2 Å². The van der Waals surface area contributed by atoms with Crippen LogP contribution in [0.15, 0.2) is 6.07 Å². The van der Waals surface area contributed by atoms with E-state index in [4.69, 9.17) is 5.73 Å². The number of nitrogens with zero attached hydrogens (tertiary/aromatic N) is 3. The lowest BCUT2D eigenvalue weighted by atomic mass is 10.3. The Labute approximate surface area is 112 Å². The zero-order valence-corrected chi connectivity index (χ0v) is 11.3. The highest BCUT2D eigenvalue weighted by Gasteiger charge is 2.30.